The number of aliphatic hydroxyl groups excluding tert-OH is 1. The monoisotopic (exact) mass is 218 g/mol. The molecule has 0 spiro atoms. The van der Waals surface area contributed by atoms with Gasteiger partial charge in [-0.3, -0.25) is 0 Å². The molecule has 0 saturated carbocycles. The lowest BCUT2D eigenvalue weighted by atomic mass is 10.2. The maximum Gasteiger partial charge on any atom is 0.160 e. The van der Waals surface area contributed by atoms with Gasteiger partial charge in [-0.15, -0.1) is 0 Å². The van der Waals surface area contributed by atoms with E-state index in [0.29, 0.717) is 5.56 Å². The second-order valence-corrected chi connectivity index (χ2v) is 3.03. The highest BCUT2D eigenvalue weighted by Gasteiger charge is 2.05. The summed E-state index contributed by atoms with van der Waals surface area (Å²) in [7, 11) is 0. The van der Waals surface area contributed by atoms with Crippen LogP contribution < -0.4 is 0 Å². The molecule has 1 N–H and O–H groups in total. The smallest absolute Gasteiger partial charge is 0.160 e. The van der Waals surface area contributed by atoms with E-state index in [1.807, 2.05) is 0 Å². The minimum atomic E-state index is -0.655. The van der Waals surface area contributed by atoms with Gasteiger partial charge < -0.3 is 5.11 Å². The molecule has 0 fully saturated rings. The Morgan fingerprint density at radius 1 is 1.31 bits per heavy atom. The van der Waals surface area contributed by atoms with Crippen LogP contribution in [0.4, 0.5) is 4.39 Å². The van der Waals surface area contributed by atoms with E-state index in [1.54, 1.807) is 0 Å². The van der Waals surface area contributed by atoms with Crippen LogP contribution in [0.2, 0.25) is 10.0 Å². The fourth-order valence-corrected chi connectivity index (χ4v) is 1.26. The molecule has 0 aliphatic carbocycles. The van der Waals surface area contributed by atoms with Crippen LogP contribution >= 0.6 is 23.2 Å². The summed E-state index contributed by atoms with van der Waals surface area (Å²) in [6, 6.07) is 2.71. The fourth-order valence-electron chi connectivity index (χ4n) is 0.769. The molecule has 1 rings (SSSR count). The molecule has 13 heavy (non-hydrogen) atoms. The predicted molar refractivity (Wildman–Crippen MR) is 50.4 cm³/mol. The van der Waals surface area contributed by atoms with E-state index in [2.05, 4.69) is 11.8 Å². The number of hydrogen-bond donors (Lipinski definition) is 1. The van der Waals surface area contributed by atoms with Crippen LogP contribution in [0.1, 0.15) is 5.56 Å². The summed E-state index contributed by atoms with van der Waals surface area (Å²) in [5.41, 5.74) is 0.477. The van der Waals surface area contributed by atoms with Crippen molar-refractivity contribution in [2.75, 3.05) is 6.61 Å². The highest BCUT2D eigenvalue weighted by molar-refractivity contribution is 6.35. The first-order valence-electron chi connectivity index (χ1n) is 3.39. The van der Waals surface area contributed by atoms with Gasteiger partial charge in [-0.05, 0) is 12.1 Å². The van der Waals surface area contributed by atoms with Gasteiger partial charge in [0.1, 0.15) is 6.61 Å². The molecule has 0 atom stereocenters. The van der Waals surface area contributed by atoms with E-state index in [0.717, 1.165) is 0 Å². The molecular formula is C9H5Cl2FO. The normalized spacial score (nSPS) is 9.23. The number of hydrogen-bond acceptors (Lipinski definition) is 1. The Morgan fingerprint density at radius 3 is 2.31 bits per heavy atom. The van der Waals surface area contributed by atoms with E-state index in [4.69, 9.17) is 28.3 Å². The van der Waals surface area contributed by atoms with Gasteiger partial charge in [-0.25, -0.2) is 4.39 Å². The Labute approximate surface area is 85.1 Å². The van der Waals surface area contributed by atoms with Gasteiger partial charge in [-0.2, -0.15) is 0 Å². The first kappa shape index (κ1) is 10.3. The summed E-state index contributed by atoms with van der Waals surface area (Å²) in [6.07, 6.45) is 0. The third-order valence-corrected chi connectivity index (χ3v) is 1.85. The van der Waals surface area contributed by atoms with Gasteiger partial charge in [0.05, 0.1) is 10.0 Å². The first-order chi connectivity index (χ1) is 6.15. The summed E-state index contributed by atoms with van der Waals surface area (Å²) < 4.78 is 12.9. The van der Waals surface area contributed by atoms with Crippen LogP contribution in [-0.4, -0.2) is 11.7 Å². The molecular weight excluding hydrogens is 214 g/mol. The SMILES string of the molecule is OCC#Cc1cc(Cl)c(F)c(Cl)c1. The highest BCUT2D eigenvalue weighted by Crippen LogP contribution is 2.24. The van der Waals surface area contributed by atoms with Crippen molar-refractivity contribution in [2.24, 2.45) is 0 Å². The average Bonchev–Trinajstić information content (AvgIpc) is 2.10. The molecule has 68 valence electrons. The molecule has 0 aromatic heterocycles. The number of aliphatic hydroxyl groups is 1. The maximum atomic E-state index is 12.9. The van der Waals surface area contributed by atoms with Gasteiger partial charge in [0, 0.05) is 5.56 Å². The third kappa shape index (κ3) is 2.60. The highest BCUT2D eigenvalue weighted by atomic mass is 35.5. The molecule has 0 unspecified atom stereocenters. The zero-order chi connectivity index (χ0) is 9.84. The van der Waals surface area contributed by atoms with E-state index >= 15 is 0 Å². The van der Waals surface area contributed by atoms with Gasteiger partial charge in [0.2, 0.25) is 0 Å². The number of benzene rings is 1. The summed E-state index contributed by atoms with van der Waals surface area (Å²) in [5, 5.41) is 8.26. The van der Waals surface area contributed by atoms with E-state index in [9.17, 15) is 4.39 Å². The zero-order valence-corrected chi connectivity index (χ0v) is 7.95. The van der Waals surface area contributed by atoms with Crippen molar-refractivity contribution in [1.82, 2.24) is 0 Å². The Morgan fingerprint density at radius 2 is 1.85 bits per heavy atom. The zero-order valence-electron chi connectivity index (χ0n) is 6.44. The van der Waals surface area contributed by atoms with Crippen molar-refractivity contribution in [1.29, 1.82) is 0 Å². The summed E-state index contributed by atoms with van der Waals surface area (Å²) in [6.45, 7) is -0.257. The largest absolute Gasteiger partial charge is 0.384 e. The van der Waals surface area contributed by atoms with Gasteiger partial charge in [0.25, 0.3) is 0 Å². The Hall–Kier alpha value is -0.750. The molecule has 0 saturated heterocycles. The van der Waals surface area contributed by atoms with Gasteiger partial charge in [-0.1, -0.05) is 35.0 Å². The second-order valence-electron chi connectivity index (χ2n) is 2.21. The number of rotatable bonds is 0. The van der Waals surface area contributed by atoms with Crippen LogP contribution in [0.5, 0.6) is 0 Å². The molecule has 1 nitrogen and oxygen atoms in total. The van der Waals surface area contributed by atoms with Crippen molar-refractivity contribution in [3.05, 3.63) is 33.6 Å². The lowest BCUT2D eigenvalue weighted by molar-refractivity contribution is 0.350. The van der Waals surface area contributed by atoms with E-state index < -0.39 is 5.82 Å². The summed E-state index contributed by atoms with van der Waals surface area (Å²) in [5.74, 6) is 4.32. The fraction of sp³-hybridized carbons (Fsp3) is 0.111. The standard InChI is InChI=1S/C9H5Cl2FO/c10-7-4-6(2-1-3-13)5-8(11)9(7)12/h4-5,13H,3H2. The van der Waals surface area contributed by atoms with E-state index in [-0.39, 0.29) is 16.7 Å². The molecule has 0 amide bonds. The van der Waals surface area contributed by atoms with E-state index in [1.165, 1.54) is 12.1 Å². The van der Waals surface area contributed by atoms with Crippen molar-refractivity contribution >= 4 is 23.2 Å². The molecule has 0 aliphatic rings. The van der Waals surface area contributed by atoms with Crippen molar-refractivity contribution < 1.29 is 9.50 Å². The third-order valence-electron chi connectivity index (χ3n) is 1.30. The molecule has 4 heteroatoms. The summed E-state index contributed by atoms with van der Waals surface area (Å²) >= 11 is 11.0. The molecule has 1 aromatic rings. The van der Waals surface area contributed by atoms with Crippen molar-refractivity contribution in [3.8, 4) is 11.8 Å². The number of halogens is 3. The molecule has 0 bridgehead atoms. The van der Waals surface area contributed by atoms with Crippen LogP contribution in [0, 0.1) is 17.7 Å². The van der Waals surface area contributed by atoms with Crippen LogP contribution in [0.3, 0.4) is 0 Å². The molecule has 1 aromatic carbocycles. The molecule has 0 aliphatic heterocycles. The van der Waals surface area contributed by atoms with Gasteiger partial charge in [0.15, 0.2) is 5.82 Å². The average molecular weight is 219 g/mol. The first-order valence-corrected chi connectivity index (χ1v) is 4.15. The minimum Gasteiger partial charge on any atom is -0.384 e. The Bertz CT molecular complexity index is 356. The molecule has 0 radical (unpaired) electrons. The van der Waals surface area contributed by atoms with Crippen molar-refractivity contribution in [3.63, 3.8) is 0 Å². The van der Waals surface area contributed by atoms with Crippen LogP contribution in [0.25, 0.3) is 0 Å². The van der Waals surface area contributed by atoms with Crippen molar-refractivity contribution in [2.45, 2.75) is 0 Å². The van der Waals surface area contributed by atoms with Crippen LogP contribution in [0.15, 0.2) is 12.1 Å². The summed E-state index contributed by atoms with van der Waals surface area (Å²) in [4.78, 5) is 0. The Kier molecular flexibility index (Phi) is 3.56. The molecule has 0 heterocycles. The lowest BCUT2D eigenvalue weighted by Crippen LogP contribution is -1.83. The topological polar surface area (TPSA) is 20.2 Å². The second kappa shape index (κ2) is 4.48. The quantitative estimate of drug-likeness (QED) is 0.524. The Balaban J connectivity index is 3.13. The predicted octanol–water partition coefficient (Wildman–Crippen LogP) is 2.48. The maximum absolute atomic E-state index is 12.9. The lowest BCUT2D eigenvalue weighted by Gasteiger charge is -1.97. The van der Waals surface area contributed by atoms with Gasteiger partial charge >= 0.3 is 0 Å². The minimum absolute atomic E-state index is 0.0743. The van der Waals surface area contributed by atoms with Crippen LogP contribution in [-0.2, 0) is 0 Å².